The molecule has 0 saturated heterocycles. The van der Waals surface area contributed by atoms with Crippen LogP contribution in [0.15, 0.2) is 12.1 Å². The minimum absolute atomic E-state index is 0.372. The lowest BCUT2D eigenvalue weighted by Crippen LogP contribution is -2.06. The molecule has 0 radical (unpaired) electrons. The maximum absolute atomic E-state index is 6.36. The van der Waals surface area contributed by atoms with Gasteiger partial charge in [-0.2, -0.15) is 0 Å². The van der Waals surface area contributed by atoms with Crippen LogP contribution in [-0.4, -0.2) is 9.55 Å². The molecule has 1 aromatic carbocycles. The third-order valence-corrected chi connectivity index (χ3v) is 3.78. The maximum Gasteiger partial charge on any atom is 0.131 e. The molecule has 2 N–H and O–H groups in total. The summed E-state index contributed by atoms with van der Waals surface area (Å²) in [6.45, 7) is 13.7. The third-order valence-electron chi connectivity index (χ3n) is 3.78. The molecule has 0 amide bonds. The fraction of sp³-hybridized carbons (Fsp3) is 0.471. The molecule has 3 heteroatoms. The van der Waals surface area contributed by atoms with Crippen LogP contribution < -0.4 is 5.73 Å². The second-order valence-corrected chi connectivity index (χ2v) is 5.88. The van der Waals surface area contributed by atoms with Gasteiger partial charge in [0.2, 0.25) is 0 Å². The lowest BCUT2D eigenvalue weighted by Gasteiger charge is -2.10. The Balaban J connectivity index is 2.71. The van der Waals surface area contributed by atoms with Gasteiger partial charge in [0.15, 0.2) is 0 Å². The SMILES string of the molecule is CCn1c(C(C)C)nc(-c2c(C)cc(C)cc2C)c1N. The van der Waals surface area contributed by atoms with Gasteiger partial charge in [-0.25, -0.2) is 4.98 Å². The first-order valence-corrected chi connectivity index (χ1v) is 7.30. The molecule has 0 spiro atoms. The molecule has 20 heavy (non-hydrogen) atoms. The second kappa shape index (κ2) is 5.31. The number of rotatable bonds is 3. The van der Waals surface area contributed by atoms with Crippen LogP contribution in [0.5, 0.6) is 0 Å². The Kier molecular flexibility index (Phi) is 3.89. The molecule has 0 aliphatic heterocycles. The lowest BCUT2D eigenvalue weighted by atomic mass is 9.97. The van der Waals surface area contributed by atoms with Gasteiger partial charge in [-0.3, -0.25) is 0 Å². The summed E-state index contributed by atoms with van der Waals surface area (Å²) in [5.74, 6) is 2.22. The van der Waals surface area contributed by atoms with Crippen molar-refractivity contribution < 1.29 is 0 Å². The van der Waals surface area contributed by atoms with Gasteiger partial charge in [0.05, 0.1) is 0 Å². The van der Waals surface area contributed by atoms with E-state index in [0.717, 1.165) is 23.9 Å². The van der Waals surface area contributed by atoms with E-state index in [9.17, 15) is 0 Å². The van der Waals surface area contributed by atoms with E-state index in [1.54, 1.807) is 0 Å². The highest BCUT2D eigenvalue weighted by Crippen LogP contribution is 2.34. The Bertz CT molecular complexity index is 613. The highest BCUT2D eigenvalue weighted by molar-refractivity contribution is 5.76. The molecule has 2 rings (SSSR count). The number of benzene rings is 1. The number of anilines is 1. The normalized spacial score (nSPS) is 11.3. The summed E-state index contributed by atoms with van der Waals surface area (Å²) >= 11 is 0. The van der Waals surface area contributed by atoms with Crippen molar-refractivity contribution in [2.75, 3.05) is 5.73 Å². The van der Waals surface area contributed by atoms with Crippen molar-refractivity contribution in [2.45, 2.75) is 54.0 Å². The van der Waals surface area contributed by atoms with E-state index in [2.05, 4.69) is 58.2 Å². The van der Waals surface area contributed by atoms with Gasteiger partial charge in [0.25, 0.3) is 0 Å². The quantitative estimate of drug-likeness (QED) is 0.909. The number of aromatic nitrogens is 2. The summed E-state index contributed by atoms with van der Waals surface area (Å²) in [5, 5.41) is 0. The monoisotopic (exact) mass is 271 g/mol. The molecule has 0 aliphatic rings. The minimum Gasteiger partial charge on any atom is -0.383 e. The zero-order valence-electron chi connectivity index (χ0n) is 13.4. The number of hydrogen-bond donors (Lipinski definition) is 1. The lowest BCUT2D eigenvalue weighted by molar-refractivity contribution is 0.658. The molecular formula is C17H25N3. The number of aryl methyl sites for hydroxylation is 3. The third kappa shape index (κ3) is 2.33. The molecule has 0 aliphatic carbocycles. The zero-order valence-corrected chi connectivity index (χ0v) is 13.4. The Labute approximate surface area is 121 Å². The zero-order chi connectivity index (χ0) is 15.0. The van der Waals surface area contributed by atoms with Crippen LogP contribution in [0.3, 0.4) is 0 Å². The van der Waals surface area contributed by atoms with Crippen LogP contribution >= 0.6 is 0 Å². The predicted octanol–water partition coefficient (Wildman–Crippen LogP) is 4.20. The average Bonchev–Trinajstić information content (AvgIpc) is 2.65. The smallest absolute Gasteiger partial charge is 0.131 e. The molecule has 0 unspecified atom stereocenters. The van der Waals surface area contributed by atoms with Crippen molar-refractivity contribution in [2.24, 2.45) is 0 Å². The van der Waals surface area contributed by atoms with Gasteiger partial charge in [-0.1, -0.05) is 31.5 Å². The average molecular weight is 271 g/mol. The van der Waals surface area contributed by atoms with Crippen molar-refractivity contribution in [3.8, 4) is 11.3 Å². The van der Waals surface area contributed by atoms with Gasteiger partial charge in [-0.05, 0) is 38.8 Å². The molecule has 0 bridgehead atoms. The van der Waals surface area contributed by atoms with Gasteiger partial charge in [-0.15, -0.1) is 0 Å². The minimum atomic E-state index is 0.372. The number of nitrogens with zero attached hydrogens (tertiary/aromatic N) is 2. The van der Waals surface area contributed by atoms with E-state index in [-0.39, 0.29) is 0 Å². The predicted molar refractivity (Wildman–Crippen MR) is 86.0 cm³/mol. The first-order chi connectivity index (χ1) is 9.36. The second-order valence-electron chi connectivity index (χ2n) is 5.88. The topological polar surface area (TPSA) is 43.8 Å². The van der Waals surface area contributed by atoms with E-state index in [4.69, 9.17) is 10.7 Å². The van der Waals surface area contributed by atoms with Crippen LogP contribution in [0, 0.1) is 20.8 Å². The summed E-state index contributed by atoms with van der Waals surface area (Å²) in [6, 6.07) is 4.39. The summed E-state index contributed by atoms with van der Waals surface area (Å²) in [4.78, 5) is 4.84. The molecule has 2 aromatic rings. The Morgan fingerprint density at radius 1 is 1.15 bits per heavy atom. The largest absolute Gasteiger partial charge is 0.383 e. The number of nitrogens with two attached hydrogens (primary N) is 1. The van der Waals surface area contributed by atoms with E-state index in [0.29, 0.717) is 5.92 Å². The fourth-order valence-corrected chi connectivity index (χ4v) is 2.99. The molecule has 0 saturated carbocycles. The van der Waals surface area contributed by atoms with Crippen LogP contribution in [-0.2, 0) is 6.54 Å². The summed E-state index contributed by atoms with van der Waals surface area (Å²) in [7, 11) is 0. The van der Waals surface area contributed by atoms with Gasteiger partial charge in [0.1, 0.15) is 17.3 Å². The van der Waals surface area contributed by atoms with Crippen molar-refractivity contribution >= 4 is 5.82 Å². The molecular weight excluding hydrogens is 246 g/mol. The van der Waals surface area contributed by atoms with Gasteiger partial charge < -0.3 is 10.3 Å². The molecule has 0 fully saturated rings. The first-order valence-electron chi connectivity index (χ1n) is 7.30. The van der Waals surface area contributed by atoms with Crippen molar-refractivity contribution in [3.05, 3.63) is 34.6 Å². The Morgan fingerprint density at radius 2 is 1.70 bits per heavy atom. The standard InChI is InChI=1S/C17H25N3/c1-7-20-16(18)15(19-17(20)10(2)3)14-12(5)8-11(4)9-13(14)6/h8-10H,7,18H2,1-6H3. The molecule has 1 heterocycles. The van der Waals surface area contributed by atoms with E-state index in [1.807, 2.05) is 0 Å². The maximum atomic E-state index is 6.36. The van der Waals surface area contributed by atoms with Crippen molar-refractivity contribution in [3.63, 3.8) is 0 Å². The van der Waals surface area contributed by atoms with Gasteiger partial charge in [0, 0.05) is 18.0 Å². The van der Waals surface area contributed by atoms with Crippen molar-refractivity contribution in [1.29, 1.82) is 0 Å². The van der Waals surface area contributed by atoms with E-state index in [1.165, 1.54) is 22.3 Å². The van der Waals surface area contributed by atoms with Crippen molar-refractivity contribution in [1.82, 2.24) is 9.55 Å². The van der Waals surface area contributed by atoms with Crippen LogP contribution in [0.25, 0.3) is 11.3 Å². The highest BCUT2D eigenvalue weighted by Gasteiger charge is 2.19. The fourth-order valence-electron chi connectivity index (χ4n) is 2.99. The first kappa shape index (κ1) is 14.6. The van der Waals surface area contributed by atoms with Crippen LogP contribution in [0.1, 0.15) is 49.2 Å². The molecule has 1 aromatic heterocycles. The summed E-state index contributed by atoms with van der Waals surface area (Å²) in [5.41, 5.74) is 12.2. The molecule has 0 atom stereocenters. The van der Waals surface area contributed by atoms with Crippen LogP contribution in [0.4, 0.5) is 5.82 Å². The van der Waals surface area contributed by atoms with E-state index >= 15 is 0 Å². The Morgan fingerprint density at radius 3 is 2.10 bits per heavy atom. The number of imidazole rings is 1. The summed E-state index contributed by atoms with van der Waals surface area (Å²) < 4.78 is 2.12. The Hall–Kier alpha value is -1.77. The number of nitrogen functional groups attached to an aromatic ring is 1. The van der Waals surface area contributed by atoms with Crippen LogP contribution in [0.2, 0.25) is 0 Å². The molecule has 108 valence electrons. The molecule has 3 nitrogen and oxygen atoms in total. The summed E-state index contributed by atoms with van der Waals surface area (Å²) in [6.07, 6.45) is 0. The van der Waals surface area contributed by atoms with E-state index < -0.39 is 0 Å². The highest BCUT2D eigenvalue weighted by atomic mass is 15.1. The number of hydrogen-bond acceptors (Lipinski definition) is 2. The van der Waals surface area contributed by atoms with Gasteiger partial charge >= 0.3 is 0 Å².